The Labute approximate surface area is 323 Å². The van der Waals surface area contributed by atoms with E-state index in [1.54, 1.807) is 12.1 Å². The molecule has 10 rings (SSSR count). The second-order valence-corrected chi connectivity index (χ2v) is 18.1. The van der Waals surface area contributed by atoms with Crippen LogP contribution in [0, 0.1) is 39.3 Å². The molecule has 292 valence electrons. The molecule has 2 bridgehead atoms. The molecule has 3 aromatic rings. The number of fused-ring (bicyclic) bond motifs is 1. The number of ketones is 1. The first-order valence-corrected chi connectivity index (χ1v) is 20.0. The van der Waals surface area contributed by atoms with Crippen molar-refractivity contribution in [1.82, 2.24) is 4.90 Å². The fourth-order valence-corrected chi connectivity index (χ4v) is 12.6. The zero-order chi connectivity index (χ0) is 38.8. The van der Waals surface area contributed by atoms with Crippen molar-refractivity contribution in [3.8, 4) is 11.3 Å². The van der Waals surface area contributed by atoms with Crippen LogP contribution in [0.1, 0.15) is 74.9 Å². The van der Waals surface area contributed by atoms with E-state index in [1.165, 1.54) is 30.3 Å². The average molecular weight is 779 g/mol. The van der Waals surface area contributed by atoms with Gasteiger partial charge in [-0.2, -0.15) is 13.2 Å². The Morgan fingerprint density at radius 1 is 0.909 bits per heavy atom. The molecular weight excluding hydrogens is 732 g/mol. The van der Waals surface area contributed by atoms with Gasteiger partial charge < -0.3 is 19.5 Å². The number of aliphatic hydroxyl groups excluding tert-OH is 1. The molecule has 55 heavy (non-hydrogen) atoms. The highest BCUT2D eigenvalue weighted by Crippen LogP contribution is 2.78. The number of furan rings is 1. The van der Waals surface area contributed by atoms with Gasteiger partial charge in [-0.3, -0.25) is 9.69 Å². The van der Waals surface area contributed by atoms with Crippen molar-refractivity contribution in [2.45, 2.75) is 76.7 Å². The summed E-state index contributed by atoms with van der Waals surface area (Å²) in [6.45, 7) is 8.10. The van der Waals surface area contributed by atoms with Gasteiger partial charge in [0.2, 0.25) is 5.78 Å². The SMILES string of the molecule is CC12CCC(O)CC13C=CC1(C(C(=O)c4ccc(-c5cc(C(F)(F)F)ccc5Cl)o4)=C3)C2CCC2(C)C1CCC2(O)CN1CCN(c2ccc(F)cc2)CC1. The summed E-state index contributed by atoms with van der Waals surface area (Å²) in [6.07, 6.45) is 6.43. The molecular formula is C44H47ClF4N2O4. The Kier molecular flexibility index (Phi) is 8.46. The van der Waals surface area contributed by atoms with E-state index < -0.39 is 39.7 Å². The zero-order valence-electron chi connectivity index (χ0n) is 31.1. The molecule has 2 aromatic carbocycles. The maximum Gasteiger partial charge on any atom is 0.416 e. The molecule has 8 unspecified atom stereocenters. The van der Waals surface area contributed by atoms with Gasteiger partial charge in [-0.15, -0.1) is 0 Å². The first-order chi connectivity index (χ1) is 26.0. The quantitative estimate of drug-likeness (QED) is 0.148. The highest BCUT2D eigenvalue weighted by Gasteiger charge is 2.74. The molecule has 0 amide bonds. The molecule has 2 N–H and O–H groups in total. The molecule has 11 heteroatoms. The van der Waals surface area contributed by atoms with Crippen molar-refractivity contribution in [2.24, 2.45) is 33.5 Å². The summed E-state index contributed by atoms with van der Waals surface area (Å²) in [7, 11) is 0. The van der Waals surface area contributed by atoms with Gasteiger partial charge in [-0.1, -0.05) is 43.7 Å². The molecule has 4 fully saturated rings. The summed E-state index contributed by atoms with van der Waals surface area (Å²) in [5.74, 6) is -0.467. The van der Waals surface area contributed by atoms with E-state index in [-0.39, 0.29) is 51.0 Å². The van der Waals surface area contributed by atoms with Crippen LogP contribution in [-0.4, -0.2) is 65.3 Å². The average Bonchev–Trinajstić information content (AvgIpc) is 3.74. The standard InChI is InChI=1S/C44H47ClF4N2O4/c1-39-14-11-30(52)24-41(39)17-18-43(32(25-41)38(53)35-10-9-34(55-35)31-23-27(44(47,48)49)3-8-33(31)45)36(39)12-15-40(2)37(43)13-16-42(40,54)26-50-19-21-51(22-20-50)29-6-4-28(46)5-7-29/h3-10,17-18,23,25,30,36-37,52,54H,11-16,19-22,24,26H2,1-2H3. The van der Waals surface area contributed by atoms with Crippen molar-refractivity contribution in [3.05, 3.63) is 101 Å². The normalized spacial score (nSPS) is 37.0. The fraction of sp³-hybridized carbons (Fsp3) is 0.523. The largest absolute Gasteiger partial charge is 0.453 e. The van der Waals surface area contributed by atoms with E-state index in [0.717, 1.165) is 69.7 Å². The minimum absolute atomic E-state index is 0.0258. The number of benzene rings is 2. The number of carbonyl (C=O) groups is 1. The van der Waals surface area contributed by atoms with Gasteiger partial charge in [0.15, 0.2) is 5.76 Å². The molecule has 2 heterocycles. The number of piperazine rings is 1. The smallest absolute Gasteiger partial charge is 0.416 e. The molecule has 6 nitrogen and oxygen atoms in total. The molecule has 1 saturated heterocycles. The van der Waals surface area contributed by atoms with E-state index >= 15 is 4.79 Å². The van der Waals surface area contributed by atoms with Crippen molar-refractivity contribution >= 4 is 23.1 Å². The number of alkyl halides is 3. The zero-order valence-corrected chi connectivity index (χ0v) is 31.9. The number of hydrogen-bond acceptors (Lipinski definition) is 6. The van der Waals surface area contributed by atoms with Crippen LogP contribution in [0.15, 0.2) is 82.8 Å². The third-order valence-electron chi connectivity index (χ3n) is 15.4. The Balaban J connectivity index is 1.05. The highest BCUT2D eigenvalue weighted by atomic mass is 35.5. The molecule has 2 spiro atoms. The van der Waals surface area contributed by atoms with Crippen LogP contribution in [0.4, 0.5) is 23.2 Å². The summed E-state index contributed by atoms with van der Waals surface area (Å²) in [5, 5.41) is 24.0. The second-order valence-electron chi connectivity index (χ2n) is 17.7. The number of aliphatic hydroxyl groups is 2. The number of hydrogen-bond donors (Lipinski definition) is 2. The Morgan fingerprint density at radius 3 is 2.33 bits per heavy atom. The molecule has 0 radical (unpaired) electrons. The summed E-state index contributed by atoms with van der Waals surface area (Å²) in [4.78, 5) is 19.6. The minimum atomic E-state index is -4.58. The van der Waals surface area contributed by atoms with E-state index in [1.807, 2.05) is 0 Å². The fourth-order valence-electron chi connectivity index (χ4n) is 12.4. The predicted molar refractivity (Wildman–Crippen MR) is 202 cm³/mol. The van der Waals surface area contributed by atoms with E-state index in [0.29, 0.717) is 31.4 Å². The summed E-state index contributed by atoms with van der Waals surface area (Å²) in [5.41, 5.74) is -2.24. The van der Waals surface area contributed by atoms with Crippen LogP contribution in [0.2, 0.25) is 5.02 Å². The maximum atomic E-state index is 15.0. The number of nitrogens with zero attached hydrogens (tertiary/aromatic N) is 2. The molecule has 1 aromatic heterocycles. The first-order valence-electron chi connectivity index (χ1n) is 19.6. The first kappa shape index (κ1) is 37.2. The van der Waals surface area contributed by atoms with E-state index in [4.69, 9.17) is 16.0 Å². The molecule has 8 atom stereocenters. The van der Waals surface area contributed by atoms with Gasteiger partial charge in [0.1, 0.15) is 11.6 Å². The summed E-state index contributed by atoms with van der Waals surface area (Å²) < 4.78 is 60.7. The molecule has 1 aliphatic heterocycles. The lowest BCUT2D eigenvalue weighted by atomic mass is 9.32. The molecule has 7 aliphatic rings. The van der Waals surface area contributed by atoms with Crippen LogP contribution in [-0.2, 0) is 6.18 Å². The minimum Gasteiger partial charge on any atom is -0.453 e. The van der Waals surface area contributed by atoms with E-state index in [2.05, 4.69) is 41.9 Å². The number of β-amino-alcohol motifs (C(OH)–C–C–N with tert-alkyl or cyclic N) is 1. The maximum absolute atomic E-state index is 15.0. The molecule has 6 aliphatic carbocycles. The van der Waals surface area contributed by atoms with Crippen LogP contribution >= 0.6 is 11.6 Å². The van der Waals surface area contributed by atoms with Gasteiger partial charge >= 0.3 is 6.18 Å². The van der Waals surface area contributed by atoms with Crippen LogP contribution < -0.4 is 4.90 Å². The highest BCUT2D eigenvalue weighted by molar-refractivity contribution is 6.33. The number of halogens is 5. The van der Waals surface area contributed by atoms with E-state index in [9.17, 15) is 27.8 Å². The number of anilines is 1. The number of Topliss-reactive ketones (excluding diaryl/α,β-unsaturated/α-hetero) is 1. The lowest BCUT2D eigenvalue weighted by Gasteiger charge is -2.71. The summed E-state index contributed by atoms with van der Waals surface area (Å²) in [6, 6.07) is 12.6. The topological polar surface area (TPSA) is 77.1 Å². The van der Waals surface area contributed by atoms with Crippen LogP contribution in [0.5, 0.6) is 0 Å². The third-order valence-corrected chi connectivity index (χ3v) is 15.7. The Bertz CT molecular complexity index is 2090. The van der Waals surface area contributed by atoms with Gasteiger partial charge in [-0.05, 0) is 117 Å². The Hall–Kier alpha value is -3.44. The summed E-state index contributed by atoms with van der Waals surface area (Å²) >= 11 is 6.38. The number of allylic oxidation sites excluding steroid dienone is 4. The molecule has 3 saturated carbocycles. The number of rotatable bonds is 6. The lowest BCUT2D eigenvalue weighted by molar-refractivity contribution is -0.176. The van der Waals surface area contributed by atoms with Gasteiger partial charge in [-0.25, -0.2) is 4.39 Å². The van der Waals surface area contributed by atoms with Crippen molar-refractivity contribution in [2.75, 3.05) is 37.6 Å². The van der Waals surface area contributed by atoms with Gasteiger partial charge in [0, 0.05) is 65.8 Å². The monoisotopic (exact) mass is 778 g/mol. The second kappa shape index (κ2) is 12.5. The third kappa shape index (κ3) is 5.40. The van der Waals surface area contributed by atoms with Crippen molar-refractivity contribution < 1.29 is 37.0 Å². The van der Waals surface area contributed by atoms with Crippen molar-refractivity contribution in [3.63, 3.8) is 0 Å². The lowest BCUT2D eigenvalue weighted by Crippen LogP contribution is -2.67. The van der Waals surface area contributed by atoms with Crippen molar-refractivity contribution in [1.29, 1.82) is 0 Å². The predicted octanol–water partition coefficient (Wildman–Crippen LogP) is 9.35. The number of carbonyl (C=O) groups excluding carboxylic acids is 1. The van der Waals surface area contributed by atoms with Gasteiger partial charge in [0.25, 0.3) is 0 Å². The van der Waals surface area contributed by atoms with Gasteiger partial charge in [0.05, 0.1) is 22.3 Å². The Morgan fingerprint density at radius 2 is 1.60 bits per heavy atom. The van der Waals surface area contributed by atoms with Crippen LogP contribution in [0.3, 0.4) is 0 Å². The van der Waals surface area contributed by atoms with Crippen LogP contribution in [0.25, 0.3) is 11.3 Å².